The molecule has 0 unspecified atom stereocenters. The van der Waals surface area contributed by atoms with Crippen molar-refractivity contribution in [2.75, 3.05) is 37.9 Å². The molecule has 0 aromatic heterocycles. The third kappa shape index (κ3) is 6.88. The topological polar surface area (TPSA) is 79.9 Å². The van der Waals surface area contributed by atoms with Gasteiger partial charge < -0.3 is 20.1 Å². The number of rotatable bonds is 9. The second-order valence-corrected chi connectivity index (χ2v) is 10.3. The van der Waals surface area contributed by atoms with Crippen LogP contribution in [-0.2, 0) is 19.4 Å². The molecule has 0 radical (unpaired) electrons. The number of carbonyl (C=O) groups is 2. The van der Waals surface area contributed by atoms with Gasteiger partial charge in [-0.15, -0.1) is 0 Å². The second kappa shape index (κ2) is 12.9. The number of hydrogen-bond acceptors (Lipinski definition) is 5. The van der Waals surface area contributed by atoms with E-state index in [-0.39, 0.29) is 11.8 Å². The van der Waals surface area contributed by atoms with E-state index in [1.54, 1.807) is 62.8 Å². The summed E-state index contributed by atoms with van der Waals surface area (Å²) >= 11 is 5.92. The van der Waals surface area contributed by atoms with Gasteiger partial charge in [0.1, 0.15) is 0 Å². The Morgan fingerprint density at radius 3 is 2.22 bits per heavy atom. The van der Waals surface area contributed by atoms with Crippen LogP contribution in [0.3, 0.4) is 0 Å². The van der Waals surface area contributed by atoms with Gasteiger partial charge in [-0.3, -0.25) is 14.5 Å². The fraction of sp³-hybridized carbons (Fsp3) is 0.212. The van der Waals surface area contributed by atoms with Crippen LogP contribution in [0.2, 0.25) is 5.02 Å². The molecule has 0 atom stereocenters. The van der Waals surface area contributed by atoms with Crippen molar-refractivity contribution in [3.63, 3.8) is 0 Å². The van der Waals surface area contributed by atoms with Crippen LogP contribution in [0.15, 0.2) is 84.9 Å². The average molecular weight is 570 g/mol. The maximum Gasteiger partial charge on any atom is 0.257 e. The van der Waals surface area contributed by atoms with E-state index >= 15 is 0 Å². The van der Waals surface area contributed by atoms with Gasteiger partial charge in [0, 0.05) is 35.9 Å². The van der Waals surface area contributed by atoms with Crippen molar-refractivity contribution in [1.82, 2.24) is 4.90 Å². The van der Waals surface area contributed by atoms with Crippen LogP contribution in [0, 0.1) is 0 Å². The normalized spacial score (nSPS) is 12.8. The first-order valence-corrected chi connectivity index (χ1v) is 13.8. The van der Waals surface area contributed by atoms with Crippen LogP contribution in [0.1, 0.15) is 37.4 Å². The molecule has 1 heterocycles. The molecule has 5 rings (SSSR count). The molecule has 0 saturated carbocycles. The Hall–Kier alpha value is -4.33. The molecule has 4 aromatic rings. The largest absolute Gasteiger partial charge is 0.493 e. The number of para-hydroxylation sites is 1. The third-order valence-corrected chi connectivity index (χ3v) is 7.50. The molecule has 1 aliphatic heterocycles. The molecule has 2 N–H and O–H groups in total. The summed E-state index contributed by atoms with van der Waals surface area (Å²) in [5.74, 6) is 0.918. The van der Waals surface area contributed by atoms with E-state index in [1.165, 1.54) is 16.7 Å². The standard InChI is InChI=1S/C33H32ClN3O4/c1-40-30-19-24-16-18-37(21-25(24)20-31(30)41-2)17-15-22-7-13-27(14-8-22)35-33(39)28-5-3-4-6-29(28)36-32(38)23-9-11-26(34)12-10-23/h3-14,19-20H,15-18,21H2,1-2H3,(H,35,39)(H,36,38). The van der Waals surface area contributed by atoms with E-state index in [0.717, 1.165) is 44.0 Å². The van der Waals surface area contributed by atoms with Gasteiger partial charge in [-0.25, -0.2) is 0 Å². The number of nitrogens with one attached hydrogen (secondary N) is 2. The molecule has 210 valence electrons. The van der Waals surface area contributed by atoms with E-state index < -0.39 is 0 Å². The van der Waals surface area contributed by atoms with Gasteiger partial charge in [0.2, 0.25) is 0 Å². The van der Waals surface area contributed by atoms with Crippen molar-refractivity contribution in [1.29, 1.82) is 0 Å². The van der Waals surface area contributed by atoms with E-state index in [2.05, 4.69) is 27.7 Å². The number of methoxy groups -OCH3 is 2. The second-order valence-electron chi connectivity index (χ2n) is 9.91. The Balaban J connectivity index is 1.17. The number of nitrogens with zero attached hydrogens (tertiary/aromatic N) is 1. The summed E-state index contributed by atoms with van der Waals surface area (Å²) in [6, 6.07) is 25.6. The fourth-order valence-corrected chi connectivity index (χ4v) is 5.08. The first kappa shape index (κ1) is 28.2. The number of hydrogen-bond donors (Lipinski definition) is 2. The Morgan fingerprint density at radius 2 is 1.51 bits per heavy atom. The van der Waals surface area contributed by atoms with E-state index in [0.29, 0.717) is 27.5 Å². The number of benzene rings is 4. The number of fused-ring (bicyclic) bond motifs is 1. The monoisotopic (exact) mass is 569 g/mol. The maximum absolute atomic E-state index is 13.1. The lowest BCUT2D eigenvalue weighted by molar-refractivity contribution is 0.102. The van der Waals surface area contributed by atoms with Gasteiger partial charge in [-0.05, 0) is 90.2 Å². The lowest BCUT2D eigenvalue weighted by Crippen LogP contribution is -2.32. The first-order valence-electron chi connectivity index (χ1n) is 13.5. The predicted molar refractivity (Wildman–Crippen MR) is 162 cm³/mol. The summed E-state index contributed by atoms with van der Waals surface area (Å²) in [5.41, 5.74) is 5.72. The fourth-order valence-electron chi connectivity index (χ4n) is 4.96. The lowest BCUT2D eigenvalue weighted by atomic mass is 9.98. The highest BCUT2D eigenvalue weighted by molar-refractivity contribution is 6.30. The summed E-state index contributed by atoms with van der Waals surface area (Å²) < 4.78 is 10.9. The highest BCUT2D eigenvalue weighted by atomic mass is 35.5. The lowest BCUT2D eigenvalue weighted by Gasteiger charge is -2.29. The number of halogens is 1. The summed E-state index contributed by atoms with van der Waals surface area (Å²) in [7, 11) is 3.33. The van der Waals surface area contributed by atoms with Gasteiger partial charge in [0.15, 0.2) is 11.5 Å². The molecule has 0 spiro atoms. The molecule has 4 aromatic carbocycles. The molecule has 1 aliphatic rings. The molecule has 41 heavy (non-hydrogen) atoms. The first-order chi connectivity index (χ1) is 19.9. The van der Waals surface area contributed by atoms with E-state index in [1.807, 2.05) is 24.3 Å². The van der Waals surface area contributed by atoms with Crippen LogP contribution in [0.25, 0.3) is 0 Å². The zero-order chi connectivity index (χ0) is 28.8. The smallest absolute Gasteiger partial charge is 0.257 e. The maximum atomic E-state index is 13.1. The molecule has 2 amide bonds. The van der Waals surface area contributed by atoms with E-state index in [4.69, 9.17) is 21.1 Å². The number of carbonyl (C=O) groups excluding carboxylic acids is 2. The predicted octanol–water partition coefficient (Wildman–Crippen LogP) is 6.46. The van der Waals surface area contributed by atoms with Gasteiger partial charge in [0.05, 0.1) is 25.5 Å². The Morgan fingerprint density at radius 1 is 0.829 bits per heavy atom. The van der Waals surface area contributed by atoms with Crippen LogP contribution in [0.5, 0.6) is 11.5 Å². The zero-order valence-corrected chi connectivity index (χ0v) is 23.8. The van der Waals surface area contributed by atoms with E-state index in [9.17, 15) is 9.59 Å². The summed E-state index contributed by atoms with van der Waals surface area (Å²) in [4.78, 5) is 28.2. The molecular formula is C33H32ClN3O4. The molecule has 0 bridgehead atoms. The van der Waals surface area contributed by atoms with Gasteiger partial charge in [-0.2, -0.15) is 0 Å². The highest BCUT2D eigenvalue weighted by Crippen LogP contribution is 2.33. The van der Waals surface area contributed by atoms with Crippen LogP contribution >= 0.6 is 11.6 Å². The van der Waals surface area contributed by atoms with Gasteiger partial charge >= 0.3 is 0 Å². The zero-order valence-electron chi connectivity index (χ0n) is 23.1. The quantitative estimate of drug-likeness (QED) is 0.242. The van der Waals surface area contributed by atoms with Crippen molar-refractivity contribution < 1.29 is 19.1 Å². The third-order valence-electron chi connectivity index (χ3n) is 7.25. The van der Waals surface area contributed by atoms with Crippen molar-refractivity contribution in [2.45, 2.75) is 19.4 Å². The van der Waals surface area contributed by atoms with Crippen molar-refractivity contribution in [3.8, 4) is 11.5 Å². The van der Waals surface area contributed by atoms with Crippen molar-refractivity contribution in [3.05, 3.63) is 118 Å². The minimum atomic E-state index is -0.317. The van der Waals surface area contributed by atoms with Crippen molar-refractivity contribution in [2.24, 2.45) is 0 Å². The summed E-state index contributed by atoms with van der Waals surface area (Å²) in [5, 5.41) is 6.32. The Kier molecular flexibility index (Phi) is 8.87. The summed E-state index contributed by atoms with van der Waals surface area (Å²) in [6.45, 7) is 2.79. The van der Waals surface area contributed by atoms with Gasteiger partial charge in [-0.1, -0.05) is 35.9 Å². The minimum absolute atomic E-state index is 0.302. The molecule has 0 saturated heterocycles. The molecule has 0 aliphatic carbocycles. The number of anilines is 2. The number of amides is 2. The van der Waals surface area contributed by atoms with Crippen LogP contribution in [-0.4, -0.2) is 44.0 Å². The number of ether oxygens (including phenoxy) is 2. The van der Waals surface area contributed by atoms with Crippen molar-refractivity contribution >= 4 is 34.8 Å². The molecule has 0 fully saturated rings. The highest BCUT2D eigenvalue weighted by Gasteiger charge is 2.19. The Bertz CT molecular complexity index is 1540. The molecule has 8 heteroatoms. The average Bonchev–Trinajstić information content (AvgIpc) is 3.00. The minimum Gasteiger partial charge on any atom is -0.493 e. The molecular weight excluding hydrogens is 538 g/mol. The van der Waals surface area contributed by atoms with Crippen LogP contribution < -0.4 is 20.1 Å². The Labute approximate surface area is 245 Å². The van der Waals surface area contributed by atoms with Crippen LogP contribution in [0.4, 0.5) is 11.4 Å². The molecule has 7 nitrogen and oxygen atoms in total. The van der Waals surface area contributed by atoms with Gasteiger partial charge in [0.25, 0.3) is 11.8 Å². The summed E-state index contributed by atoms with van der Waals surface area (Å²) in [6.07, 6.45) is 1.87. The SMILES string of the molecule is COc1cc2c(cc1OC)CN(CCc1ccc(NC(=O)c3ccccc3NC(=O)c3ccc(Cl)cc3)cc1)CC2.